The van der Waals surface area contributed by atoms with Gasteiger partial charge in [-0.3, -0.25) is 0 Å². The Morgan fingerprint density at radius 3 is 2.59 bits per heavy atom. The number of carboxylic acid groups (broad SMARTS) is 2. The molecule has 144 valence electrons. The van der Waals surface area contributed by atoms with E-state index < -0.39 is 11.9 Å². The molecule has 2 aromatic rings. The monoisotopic (exact) mass is 375 g/mol. The molecule has 3 N–H and O–H groups in total. The molecule has 1 aliphatic heterocycles. The maximum Gasteiger partial charge on any atom is 0.414 e. The number of imidazole rings is 1. The van der Waals surface area contributed by atoms with Crippen molar-refractivity contribution in [1.29, 1.82) is 0 Å². The van der Waals surface area contributed by atoms with Gasteiger partial charge in [-0.15, -0.1) is 0 Å². The van der Waals surface area contributed by atoms with Crippen LogP contribution in [0.3, 0.4) is 0 Å². The van der Waals surface area contributed by atoms with Gasteiger partial charge in [-0.1, -0.05) is 18.2 Å². The molecule has 0 aliphatic carbocycles. The number of carboxylic acids is 2. The van der Waals surface area contributed by atoms with Gasteiger partial charge in [0.05, 0.1) is 18.6 Å². The maximum atomic E-state index is 12.2. The van der Waals surface area contributed by atoms with E-state index in [9.17, 15) is 4.79 Å². The molecule has 0 radical (unpaired) electrons. The Kier molecular flexibility index (Phi) is 6.53. The van der Waals surface area contributed by atoms with Crippen molar-refractivity contribution < 1.29 is 29.3 Å². The molecule has 0 fully saturated rings. The van der Waals surface area contributed by atoms with Crippen molar-refractivity contribution in [3.8, 4) is 0 Å². The Bertz CT molecular complexity index is 833. The van der Waals surface area contributed by atoms with E-state index in [0.717, 1.165) is 23.4 Å². The fourth-order valence-corrected chi connectivity index (χ4v) is 2.56. The van der Waals surface area contributed by atoms with Crippen LogP contribution in [0.4, 0.5) is 4.79 Å². The van der Waals surface area contributed by atoms with Gasteiger partial charge in [-0.25, -0.2) is 19.4 Å². The fraction of sp³-hybridized carbons (Fsp3) is 0.333. The minimum Gasteiger partial charge on any atom is -0.473 e. The summed E-state index contributed by atoms with van der Waals surface area (Å²) in [5, 5.41) is 14.8. The summed E-state index contributed by atoms with van der Waals surface area (Å²) in [6.07, 6.45) is 2.20. The summed E-state index contributed by atoms with van der Waals surface area (Å²) in [6, 6.07) is 6.05. The van der Waals surface area contributed by atoms with Crippen molar-refractivity contribution in [2.45, 2.75) is 33.4 Å². The van der Waals surface area contributed by atoms with Crippen LogP contribution in [0.1, 0.15) is 28.1 Å². The number of fused-ring (bicyclic) bond motifs is 1. The summed E-state index contributed by atoms with van der Waals surface area (Å²) in [5.41, 5.74) is 5.50. The first-order valence-electron chi connectivity index (χ1n) is 8.23. The first-order chi connectivity index (χ1) is 12.8. The number of rotatable bonds is 2. The highest BCUT2D eigenvalue weighted by atomic mass is 16.6. The molecule has 1 amide bonds. The van der Waals surface area contributed by atoms with Gasteiger partial charge in [0, 0.05) is 18.7 Å². The van der Waals surface area contributed by atoms with Crippen LogP contribution in [-0.4, -0.2) is 49.7 Å². The Balaban J connectivity index is 0.000000380. The Labute approximate surface area is 155 Å². The molecule has 1 aliphatic rings. The SMILES string of the molecule is Cc1cccc(COC(=O)N2CCc3[nH]cnc3C2)c1C.O=C(O)C(=O)O. The van der Waals surface area contributed by atoms with Gasteiger partial charge >= 0.3 is 18.0 Å². The van der Waals surface area contributed by atoms with Gasteiger partial charge in [-0.05, 0) is 30.5 Å². The smallest absolute Gasteiger partial charge is 0.414 e. The summed E-state index contributed by atoms with van der Waals surface area (Å²) in [6.45, 7) is 5.61. The third-order valence-corrected chi connectivity index (χ3v) is 4.29. The molecule has 0 saturated carbocycles. The Morgan fingerprint density at radius 2 is 1.93 bits per heavy atom. The molecule has 0 saturated heterocycles. The minimum absolute atomic E-state index is 0.274. The molecule has 1 aromatic heterocycles. The third kappa shape index (κ3) is 5.30. The molecule has 2 heterocycles. The lowest BCUT2D eigenvalue weighted by Crippen LogP contribution is -2.36. The van der Waals surface area contributed by atoms with E-state index in [1.807, 2.05) is 12.1 Å². The molecular weight excluding hydrogens is 354 g/mol. The van der Waals surface area contributed by atoms with Gasteiger partial charge in [-0.2, -0.15) is 0 Å². The van der Waals surface area contributed by atoms with Crippen LogP contribution < -0.4 is 0 Å². The van der Waals surface area contributed by atoms with Crippen LogP contribution in [0, 0.1) is 13.8 Å². The minimum atomic E-state index is -1.82. The summed E-state index contributed by atoms with van der Waals surface area (Å²) < 4.78 is 5.44. The van der Waals surface area contributed by atoms with E-state index in [1.54, 1.807) is 11.2 Å². The number of amides is 1. The molecule has 27 heavy (non-hydrogen) atoms. The van der Waals surface area contributed by atoms with E-state index in [4.69, 9.17) is 24.5 Å². The van der Waals surface area contributed by atoms with Crippen molar-refractivity contribution in [2.24, 2.45) is 0 Å². The number of ether oxygens (including phenoxy) is 1. The molecule has 9 heteroatoms. The van der Waals surface area contributed by atoms with Gasteiger partial charge in [0.1, 0.15) is 6.61 Å². The lowest BCUT2D eigenvalue weighted by atomic mass is 10.0. The van der Waals surface area contributed by atoms with E-state index in [-0.39, 0.29) is 6.09 Å². The number of nitrogens with one attached hydrogen (secondary N) is 1. The molecule has 0 spiro atoms. The van der Waals surface area contributed by atoms with Gasteiger partial charge < -0.3 is 24.8 Å². The zero-order chi connectivity index (χ0) is 20.0. The first-order valence-corrected chi connectivity index (χ1v) is 8.23. The van der Waals surface area contributed by atoms with Crippen molar-refractivity contribution in [3.63, 3.8) is 0 Å². The van der Waals surface area contributed by atoms with E-state index in [1.165, 1.54) is 11.1 Å². The van der Waals surface area contributed by atoms with Crippen LogP contribution in [0.5, 0.6) is 0 Å². The second kappa shape index (κ2) is 8.84. The van der Waals surface area contributed by atoms with E-state index in [2.05, 4.69) is 29.9 Å². The summed E-state index contributed by atoms with van der Waals surface area (Å²) in [5.74, 6) is -3.65. The standard InChI is InChI=1S/C16H19N3O2.C2H2O4/c1-11-4-3-5-13(12(11)2)9-21-16(20)19-7-6-14-15(8-19)18-10-17-14;3-1(4)2(5)6/h3-5,10H,6-9H2,1-2H3,(H,17,18);(H,3,4)(H,5,6). The number of benzene rings is 1. The summed E-state index contributed by atoms with van der Waals surface area (Å²) in [7, 11) is 0. The first kappa shape index (κ1) is 20.0. The number of hydrogen-bond acceptors (Lipinski definition) is 5. The quantitative estimate of drug-likeness (QED) is 0.683. The van der Waals surface area contributed by atoms with Crippen molar-refractivity contribution in [2.75, 3.05) is 6.54 Å². The molecule has 3 rings (SSSR count). The zero-order valence-corrected chi connectivity index (χ0v) is 15.1. The number of carbonyl (C=O) groups excluding carboxylic acids is 1. The van der Waals surface area contributed by atoms with Crippen LogP contribution in [0.15, 0.2) is 24.5 Å². The van der Waals surface area contributed by atoms with Crippen molar-refractivity contribution in [1.82, 2.24) is 14.9 Å². The lowest BCUT2D eigenvalue weighted by Gasteiger charge is -2.25. The highest BCUT2D eigenvalue weighted by Crippen LogP contribution is 2.17. The van der Waals surface area contributed by atoms with Crippen molar-refractivity contribution >= 4 is 18.0 Å². The van der Waals surface area contributed by atoms with Crippen LogP contribution in [0.2, 0.25) is 0 Å². The third-order valence-electron chi connectivity index (χ3n) is 4.29. The average Bonchev–Trinajstić information content (AvgIpc) is 3.11. The molecule has 0 atom stereocenters. The van der Waals surface area contributed by atoms with E-state index in [0.29, 0.717) is 19.7 Å². The predicted octanol–water partition coefficient (Wildman–Crippen LogP) is 1.88. The van der Waals surface area contributed by atoms with Crippen LogP contribution in [-0.2, 0) is 33.9 Å². The highest BCUT2D eigenvalue weighted by Gasteiger charge is 2.23. The molecular formula is C18H21N3O6. The predicted molar refractivity (Wildman–Crippen MR) is 94.1 cm³/mol. The lowest BCUT2D eigenvalue weighted by molar-refractivity contribution is -0.159. The Morgan fingerprint density at radius 1 is 1.22 bits per heavy atom. The Hall–Kier alpha value is -3.36. The second-order valence-corrected chi connectivity index (χ2v) is 6.02. The summed E-state index contributed by atoms with van der Waals surface area (Å²) >= 11 is 0. The zero-order valence-electron chi connectivity index (χ0n) is 15.1. The largest absolute Gasteiger partial charge is 0.473 e. The average molecular weight is 375 g/mol. The molecule has 9 nitrogen and oxygen atoms in total. The van der Waals surface area contributed by atoms with Crippen molar-refractivity contribution in [3.05, 3.63) is 52.6 Å². The number of aromatic nitrogens is 2. The molecule has 0 bridgehead atoms. The van der Waals surface area contributed by atoms with Gasteiger partial charge in [0.15, 0.2) is 0 Å². The van der Waals surface area contributed by atoms with E-state index >= 15 is 0 Å². The summed E-state index contributed by atoms with van der Waals surface area (Å²) in [4.78, 5) is 39.4. The number of carbonyl (C=O) groups is 3. The number of nitrogens with zero attached hydrogens (tertiary/aromatic N) is 2. The number of aliphatic carboxylic acids is 2. The maximum absolute atomic E-state index is 12.2. The normalized spacial score (nSPS) is 12.4. The van der Waals surface area contributed by atoms with Crippen LogP contribution >= 0.6 is 0 Å². The molecule has 1 aromatic carbocycles. The number of H-pyrrole nitrogens is 1. The molecule has 0 unspecified atom stereocenters. The van der Waals surface area contributed by atoms with Crippen LogP contribution in [0.25, 0.3) is 0 Å². The second-order valence-electron chi connectivity index (χ2n) is 6.02. The topological polar surface area (TPSA) is 133 Å². The van der Waals surface area contributed by atoms with Gasteiger partial charge in [0.25, 0.3) is 0 Å². The number of aromatic amines is 1. The highest BCUT2D eigenvalue weighted by molar-refractivity contribution is 6.27. The number of aryl methyl sites for hydroxylation is 1. The van der Waals surface area contributed by atoms with Gasteiger partial charge in [0.2, 0.25) is 0 Å². The fourth-order valence-electron chi connectivity index (χ4n) is 2.56. The number of hydrogen-bond donors (Lipinski definition) is 3.